The van der Waals surface area contributed by atoms with Gasteiger partial charge in [0.2, 0.25) is 0 Å². The molecule has 1 N–H and O–H groups in total. The number of aliphatic hydroxyl groups excluding tert-OH is 1. The molecule has 0 bridgehead atoms. The monoisotopic (exact) mass is 346 g/mol. The largest absolute Gasteiger partial charge is 0.456 e. The van der Waals surface area contributed by atoms with Gasteiger partial charge in [-0.3, -0.25) is 0 Å². The van der Waals surface area contributed by atoms with Crippen LogP contribution in [0.3, 0.4) is 0 Å². The topological polar surface area (TPSA) is 29.5 Å². The summed E-state index contributed by atoms with van der Waals surface area (Å²) in [5.41, 5.74) is -0.0174. The summed E-state index contributed by atoms with van der Waals surface area (Å²) in [4.78, 5) is 0. The predicted octanol–water partition coefficient (Wildman–Crippen LogP) is 4.75. The van der Waals surface area contributed by atoms with E-state index in [0.717, 1.165) is 17.7 Å². The predicted molar refractivity (Wildman–Crippen MR) is 71.6 cm³/mol. The van der Waals surface area contributed by atoms with Crippen molar-refractivity contribution in [2.75, 3.05) is 0 Å². The van der Waals surface area contributed by atoms with Crippen LogP contribution >= 0.6 is 15.9 Å². The van der Waals surface area contributed by atoms with E-state index in [0.29, 0.717) is 5.75 Å². The van der Waals surface area contributed by atoms with Crippen molar-refractivity contribution in [3.8, 4) is 11.5 Å². The Bertz CT molecular complexity index is 594. The van der Waals surface area contributed by atoms with E-state index in [1.807, 2.05) is 0 Å². The van der Waals surface area contributed by atoms with Crippen LogP contribution in [0.5, 0.6) is 11.5 Å². The maximum Gasteiger partial charge on any atom is 0.416 e. The molecule has 0 fully saturated rings. The SMILES string of the molecule is OCc1ccc(Oc2ccc(C(F)(F)F)cc2Br)cc1. The fourth-order valence-electron chi connectivity index (χ4n) is 1.55. The molecule has 0 unspecified atom stereocenters. The van der Waals surface area contributed by atoms with Crippen LogP contribution in [0.1, 0.15) is 11.1 Å². The first-order valence-corrected chi connectivity index (χ1v) is 6.44. The van der Waals surface area contributed by atoms with Crippen molar-refractivity contribution in [2.45, 2.75) is 12.8 Å². The molecule has 6 heteroatoms. The summed E-state index contributed by atoms with van der Waals surface area (Å²) >= 11 is 3.06. The van der Waals surface area contributed by atoms with Gasteiger partial charge in [0.1, 0.15) is 11.5 Å². The lowest BCUT2D eigenvalue weighted by molar-refractivity contribution is -0.137. The van der Waals surface area contributed by atoms with Crippen molar-refractivity contribution in [3.63, 3.8) is 0 Å². The van der Waals surface area contributed by atoms with Gasteiger partial charge in [-0.1, -0.05) is 12.1 Å². The van der Waals surface area contributed by atoms with Crippen molar-refractivity contribution in [1.29, 1.82) is 0 Å². The van der Waals surface area contributed by atoms with E-state index < -0.39 is 11.7 Å². The third-order valence-electron chi connectivity index (χ3n) is 2.59. The van der Waals surface area contributed by atoms with Gasteiger partial charge in [-0.25, -0.2) is 0 Å². The van der Waals surface area contributed by atoms with Crippen LogP contribution in [-0.4, -0.2) is 5.11 Å². The molecule has 2 nitrogen and oxygen atoms in total. The number of hydrogen-bond acceptors (Lipinski definition) is 2. The first kappa shape index (κ1) is 14.9. The molecule has 0 aliphatic rings. The average Bonchev–Trinajstić information content (AvgIpc) is 2.41. The standard InChI is InChI=1S/C14H10BrF3O2/c15-12-7-10(14(16,17)18)3-6-13(12)20-11-4-1-9(8-19)2-5-11/h1-7,19H,8H2. The summed E-state index contributed by atoms with van der Waals surface area (Å²) in [5.74, 6) is 0.761. The van der Waals surface area contributed by atoms with Gasteiger partial charge < -0.3 is 9.84 Å². The van der Waals surface area contributed by atoms with Gasteiger partial charge in [-0.15, -0.1) is 0 Å². The average molecular weight is 347 g/mol. The van der Waals surface area contributed by atoms with Gasteiger partial charge in [-0.05, 0) is 51.8 Å². The zero-order valence-electron chi connectivity index (χ0n) is 10.1. The van der Waals surface area contributed by atoms with E-state index in [1.54, 1.807) is 24.3 Å². The number of rotatable bonds is 3. The van der Waals surface area contributed by atoms with Crippen LogP contribution in [0.25, 0.3) is 0 Å². The lowest BCUT2D eigenvalue weighted by atomic mass is 10.2. The summed E-state index contributed by atoms with van der Waals surface area (Å²) in [6.45, 7) is -0.0791. The highest BCUT2D eigenvalue weighted by Crippen LogP contribution is 2.36. The Kier molecular flexibility index (Phi) is 4.35. The van der Waals surface area contributed by atoms with Crippen molar-refractivity contribution < 1.29 is 23.0 Å². The lowest BCUT2D eigenvalue weighted by Gasteiger charge is -2.11. The third-order valence-corrected chi connectivity index (χ3v) is 3.21. The molecule has 0 radical (unpaired) electrons. The number of ether oxygens (including phenoxy) is 1. The molecule has 0 atom stereocenters. The number of halogens is 4. The molecule has 20 heavy (non-hydrogen) atoms. The fraction of sp³-hybridized carbons (Fsp3) is 0.143. The molecule has 2 aromatic rings. The van der Waals surface area contributed by atoms with Gasteiger partial charge in [-0.2, -0.15) is 13.2 Å². The fourth-order valence-corrected chi connectivity index (χ4v) is 2.01. The van der Waals surface area contributed by atoms with Crippen molar-refractivity contribution in [1.82, 2.24) is 0 Å². The molecule has 106 valence electrons. The van der Waals surface area contributed by atoms with E-state index >= 15 is 0 Å². The molecule has 0 aromatic heterocycles. The van der Waals surface area contributed by atoms with Crippen LogP contribution in [0.4, 0.5) is 13.2 Å². The van der Waals surface area contributed by atoms with Gasteiger partial charge in [0.15, 0.2) is 0 Å². The van der Waals surface area contributed by atoms with Crippen LogP contribution < -0.4 is 4.74 Å². The Morgan fingerprint density at radius 1 is 1.05 bits per heavy atom. The molecule has 2 aromatic carbocycles. The van der Waals surface area contributed by atoms with Crippen LogP contribution in [0, 0.1) is 0 Å². The Balaban J connectivity index is 2.21. The summed E-state index contributed by atoms with van der Waals surface area (Å²) in [7, 11) is 0. The molecular weight excluding hydrogens is 337 g/mol. The normalized spacial score (nSPS) is 11.4. The van der Waals surface area contributed by atoms with Gasteiger partial charge in [0.05, 0.1) is 16.6 Å². The zero-order chi connectivity index (χ0) is 14.8. The second kappa shape index (κ2) is 5.85. The molecule has 0 amide bonds. The number of aliphatic hydroxyl groups is 1. The summed E-state index contributed by atoms with van der Waals surface area (Å²) < 4.78 is 43.3. The van der Waals surface area contributed by atoms with Crippen LogP contribution in [0.15, 0.2) is 46.9 Å². The Morgan fingerprint density at radius 2 is 1.70 bits per heavy atom. The minimum Gasteiger partial charge on any atom is -0.456 e. The second-order valence-electron chi connectivity index (χ2n) is 4.05. The zero-order valence-corrected chi connectivity index (χ0v) is 11.7. The maximum atomic E-state index is 12.5. The number of alkyl halides is 3. The van der Waals surface area contributed by atoms with Gasteiger partial charge >= 0.3 is 6.18 Å². The van der Waals surface area contributed by atoms with E-state index in [2.05, 4.69) is 15.9 Å². The highest BCUT2D eigenvalue weighted by atomic mass is 79.9. The lowest BCUT2D eigenvalue weighted by Crippen LogP contribution is -2.04. The number of hydrogen-bond donors (Lipinski definition) is 1. The summed E-state index contributed by atoms with van der Waals surface area (Å²) in [5, 5.41) is 8.91. The molecule has 0 saturated heterocycles. The maximum absolute atomic E-state index is 12.5. The molecule has 0 spiro atoms. The van der Waals surface area contributed by atoms with Crippen LogP contribution in [0.2, 0.25) is 0 Å². The Hall–Kier alpha value is -1.53. The quantitative estimate of drug-likeness (QED) is 0.868. The van der Waals surface area contributed by atoms with E-state index in [9.17, 15) is 13.2 Å². The minimum atomic E-state index is -4.39. The molecule has 0 heterocycles. The highest BCUT2D eigenvalue weighted by molar-refractivity contribution is 9.10. The molecule has 0 aliphatic heterocycles. The first-order chi connectivity index (χ1) is 9.40. The third kappa shape index (κ3) is 3.52. The minimum absolute atomic E-state index is 0.0791. The second-order valence-corrected chi connectivity index (χ2v) is 4.90. The summed E-state index contributed by atoms with van der Waals surface area (Å²) in [6, 6.07) is 9.80. The van der Waals surface area contributed by atoms with Crippen LogP contribution in [-0.2, 0) is 12.8 Å². The van der Waals surface area contributed by atoms with Crippen molar-refractivity contribution in [3.05, 3.63) is 58.1 Å². The molecule has 2 rings (SSSR count). The van der Waals surface area contributed by atoms with Gasteiger partial charge in [0.25, 0.3) is 0 Å². The first-order valence-electron chi connectivity index (χ1n) is 5.64. The Morgan fingerprint density at radius 3 is 2.20 bits per heavy atom. The van der Waals surface area contributed by atoms with Crippen molar-refractivity contribution >= 4 is 15.9 Å². The smallest absolute Gasteiger partial charge is 0.416 e. The van der Waals surface area contributed by atoms with Gasteiger partial charge in [0, 0.05) is 0 Å². The number of benzene rings is 2. The highest BCUT2D eigenvalue weighted by Gasteiger charge is 2.30. The summed E-state index contributed by atoms with van der Waals surface area (Å²) in [6.07, 6.45) is -4.39. The Labute approximate surface area is 121 Å². The van der Waals surface area contributed by atoms with E-state index in [1.165, 1.54) is 6.07 Å². The van der Waals surface area contributed by atoms with Crippen molar-refractivity contribution in [2.24, 2.45) is 0 Å². The van der Waals surface area contributed by atoms with E-state index in [-0.39, 0.29) is 16.8 Å². The van der Waals surface area contributed by atoms with E-state index in [4.69, 9.17) is 9.84 Å². The molecule has 0 saturated carbocycles. The molecular formula is C14H10BrF3O2. The molecule has 0 aliphatic carbocycles.